The number of rotatable bonds is 3. The molecule has 0 saturated carbocycles. The zero-order valence-corrected chi connectivity index (χ0v) is 13.0. The fourth-order valence-electron chi connectivity index (χ4n) is 2.17. The largest absolute Gasteiger partial charge is 0.392 e. The number of aliphatic hydroxyl groups excluding tert-OH is 1. The Morgan fingerprint density at radius 3 is 2.62 bits per heavy atom. The fraction of sp³-hybridized carbons (Fsp3) is 0.455. The smallest absolute Gasteiger partial charge is 0.307 e. The molecule has 116 valence electrons. The van der Waals surface area contributed by atoms with E-state index in [9.17, 15) is 23.6 Å². The second kappa shape index (κ2) is 6.05. The van der Waals surface area contributed by atoms with Gasteiger partial charge >= 0.3 is 5.69 Å². The molecule has 1 heterocycles. The third-order valence-electron chi connectivity index (χ3n) is 3.19. The van der Waals surface area contributed by atoms with Crippen LogP contribution in [-0.2, 0) is 10.0 Å². The Labute approximate surface area is 131 Å². The summed E-state index contributed by atoms with van der Waals surface area (Å²) in [5, 5.41) is 19.8. The minimum Gasteiger partial charge on any atom is -0.392 e. The van der Waals surface area contributed by atoms with E-state index < -0.39 is 31.8 Å². The molecule has 1 aliphatic rings. The van der Waals surface area contributed by atoms with Gasteiger partial charge in [-0.05, 0) is 25.0 Å². The first kappa shape index (κ1) is 16.4. The molecule has 1 N–H and O–H groups in total. The maximum Gasteiger partial charge on any atom is 0.307 e. The molecule has 1 aromatic rings. The van der Waals surface area contributed by atoms with Gasteiger partial charge < -0.3 is 5.11 Å². The molecule has 0 radical (unpaired) electrons. The number of aliphatic hydroxyl groups is 1. The van der Waals surface area contributed by atoms with Gasteiger partial charge in [0.15, 0.2) is 0 Å². The summed E-state index contributed by atoms with van der Waals surface area (Å²) in [7, 11) is -4.02. The molecule has 1 fully saturated rings. The number of nitrogens with zero attached hydrogens (tertiary/aromatic N) is 2. The van der Waals surface area contributed by atoms with Crippen LogP contribution in [0.15, 0.2) is 17.0 Å². The van der Waals surface area contributed by atoms with Crippen molar-refractivity contribution >= 4 is 38.9 Å². The van der Waals surface area contributed by atoms with E-state index in [1.165, 1.54) is 0 Å². The van der Waals surface area contributed by atoms with Crippen LogP contribution in [0.5, 0.6) is 0 Å². The lowest BCUT2D eigenvalue weighted by molar-refractivity contribution is -0.384. The van der Waals surface area contributed by atoms with E-state index >= 15 is 0 Å². The lowest BCUT2D eigenvalue weighted by Crippen LogP contribution is -2.42. The molecular weight excluding hydrogens is 343 g/mol. The highest BCUT2D eigenvalue weighted by Gasteiger charge is 2.34. The monoisotopic (exact) mass is 354 g/mol. The summed E-state index contributed by atoms with van der Waals surface area (Å²) in [5.74, 6) is 0. The van der Waals surface area contributed by atoms with Gasteiger partial charge in [0.25, 0.3) is 0 Å². The number of sulfonamides is 1. The zero-order chi connectivity index (χ0) is 15.8. The van der Waals surface area contributed by atoms with Crippen molar-refractivity contribution in [1.82, 2.24) is 4.31 Å². The van der Waals surface area contributed by atoms with Crippen molar-refractivity contribution in [3.63, 3.8) is 0 Å². The molecule has 1 atom stereocenters. The van der Waals surface area contributed by atoms with Crippen LogP contribution in [-0.4, -0.2) is 41.9 Å². The maximum absolute atomic E-state index is 12.5. The van der Waals surface area contributed by atoms with Gasteiger partial charge in [-0.2, -0.15) is 4.31 Å². The van der Waals surface area contributed by atoms with Gasteiger partial charge in [-0.1, -0.05) is 23.2 Å². The van der Waals surface area contributed by atoms with Gasteiger partial charge in [-0.15, -0.1) is 0 Å². The zero-order valence-electron chi connectivity index (χ0n) is 10.7. The van der Waals surface area contributed by atoms with E-state index in [-0.39, 0.29) is 23.0 Å². The molecule has 0 spiro atoms. The number of hydrogen-bond acceptors (Lipinski definition) is 5. The minimum atomic E-state index is -4.02. The molecule has 7 nitrogen and oxygen atoms in total. The second-order valence-corrected chi connectivity index (χ2v) is 7.32. The van der Waals surface area contributed by atoms with Crippen LogP contribution in [0.3, 0.4) is 0 Å². The highest BCUT2D eigenvalue weighted by Crippen LogP contribution is 2.38. The van der Waals surface area contributed by atoms with Gasteiger partial charge in [0.1, 0.15) is 14.9 Å². The summed E-state index contributed by atoms with van der Waals surface area (Å²) < 4.78 is 26.1. The van der Waals surface area contributed by atoms with E-state index in [1.807, 2.05) is 0 Å². The molecule has 1 aromatic carbocycles. The van der Waals surface area contributed by atoms with E-state index in [2.05, 4.69) is 0 Å². The average Bonchev–Trinajstić information content (AvgIpc) is 2.37. The number of hydrogen-bond donors (Lipinski definition) is 1. The fourth-order valence-corrected chi connectivity index (χ4v) is 4.55. The van der Waals surface area contributed by atoms with E-state index in [0.29, 0.717) is 12.8 Å². The van der Waals surface area contributed by atoms with Crippen molar-refractivity contribution in [3.05, 3.63) is 32.3 Å². The van der Waals surface area contributed by atoms with Crippen LogP contribution in [0.25, 0.3) is 0 Å². The Balaban J connectivity index is 2.50. The highest BCUT2D eigenvalue weighted by molar-refractivity contribution is 7.89. The number of nitro groups is 1. The number of halogens is 2. The van der Waals surface area contributed by atoms with Crippen molar-refractivity contribution in [2.45, 2.75) is 23.8 Å². The average molecular weight is 355 g/mol. The molecule has 0 amide bonds. The summed E-state index contributed by atoms with van der Waals surface area (Å²) in [6, 6.07) is 2.26. The molecule has 1 saturated heterocycles. The van der Waals surface area contributed by atoms with Gasteiger partial charge in [0.2, 0.25) is 10.0 Å². The summed E-state index contributed by atoms with van der Waals surface area (Å²) in [6.45, 7) is 0.168. The third kappa shape index (κ3) is 3.14. The van der Waals surface area contributed by atoms with Crippen LogP contribution in [0.1, 0.15) is 12.8 Å². The van der Waals surface area contributed by atoms with E-state index in [1.54, 1.807) is 0 Å². The van der Waals surface area contributed by atoms with Crippen molar-refractivity contribution in [2.24, 2.45) is 0 Å². The first-order chi connectivity index (χ1) is 9.75. The summed E-state index contributed by atoms with van der Waals surface area (Å²) >= 11 is 11.5. The standard InChI is InChI=1S/C11H12Cl2N2O5S/c12-8-3-4-9(10(13)11(8)15(17)18)21(19,20)14-5-1-2-7(16)6-14/h3-4,7,16H,1-2,5-6H2. The molecule has 10 heteroatoms. The summed E-state index contributed by atoms with van der Waals surface area (Å²) in [6.07, 6.45) is 0.267. The molecule has 0 aromatic heterocycles. The molecule has 1 unspecified atom stereocenters. The van der Waals surface area contributed by atoms with Crippen LogP contribution in [0.2, 0.25) is 10.0 Å². The topological polar surface area (TPSA) is 101 Å². The lowest BCUT2D eigenvalue weighted by atomic mass is 10.1. The Hall–Kier alpha value is -0.930. The Bertz CT molecular complexity index is 679. The van der Waals surface area contributed by atoms with Crippen LogP contribution < -0.4 is 0 Å². The normalized spacial score (nSPS) is 20.4. The van der Waals surface area contributed by atoms with E-state index in [0.717, 1.165) is 16.4 Å². The molecule has 0 bridgehead atoms. The Morgan fingerprint density at radius 2 is 2.05 bits per heavy atom. The van der Waals surface area contributed by atoms with Crippen LogP contribution in [0.4, 0.5) is 5.69 Å². The van der Waals surface area contributed by atoms with Crippen molar-refractivity contribution in [1.29, 1.82) is 0 Å². The first-order valence-electron chi connectivity index (χ1n) is 6.05. The minimum absolute atomic E-state index is 0.0604. The first-order valence-corrected chi connectivity index (χ1v) is 8.25. The maximum atomic E-state index is 12.5. The summed E-state index contributed by atoms with van der Waals surface area (Å²) in [4.78, 5) is 9.73. The van der Waals surface area contributed by atoms with Gasteiger partial charge in [0, 0.05) is 13.1 Å². The number of piperidine rings is 1. The molecular formula is C11H12Cl2N2O5S. The van der Waals surface area contributed by atoms with Crippen molar-refractivity contribution < 1.29 is 18.4 Å². The molecule has 1 aliphatic heterocycles. The van der Waals surface area contributed by atoms with Gasteiger partial charge in [-0.3, -0.25) is 10.1 Å². The lowest BCUT2D eigenvalue weighted by Gasteiger charge is -2.29. The second-order valence-electron chi connectivity index (χ2n) is 4.62. The molecule has 0 aliphatic carbocycles. The Morgan fingerprint density at radius 1 is 1.38 bits per heavy atom. The number of β-amino-alcohol motifs (C(OH)–C–C–N with tert-alkyl or cyclic N) is 1. The van der Waals surface area contributed by atoms with Crippen LogP contribution in [0, 0.1) is 10.1 Å². The van der Waals surface area contributed by atoms with Gasteiger partial charge in [-0.25, -0.2) is 8.42 Å². The van der Waals surface area contributed by atoms with Crippen LogP contribution >= 0.6 is 23.2 Å². The summed E-state index contributed by atoms with van der Waals surface area (Å²) in [5.41, 5.74) is -0.642. The number of benzene rings is 1. The van der Waals surface area contributed by atoms with E-state index in [4.69, 9.17) is 23.2 Å². The third-order valence-corrected chi connectivity index (χ3v) is 5.90. The molecule has 2 rings (SSSR count). The molecule has 21 heavy (non-hydrogen) atoms. The Kier molecular flexibility index (Phi) is 4.74. The van der Waals surface area contributed by atoms with Crippen molar-refractivity contribution in [3.8, 4) is 0 Å². The predicted octanol–water partition coefficient (Wildman–Crippen LogP) is 2.05. The SMILES string of the molecule is O=[N+]([O-])c1c(Cl)ccc(S(=O)(=O)N2CCCC(O)C2)c1Cl. The number of nitro benzene ring substituents is 1. The predicted molar refractivity (Wildman–Crippen MR) is 77.1 cm³/mol. The van der Waals surface area contributed by atoms with Gasteiger partial charge in [0.05, 0.1) is 11.0 Å². The quantitative estimate of drug-likeness (QED) is 0.661. The van der Waals surface area contributed by atoms with Crippen molar-refractivity contribution in [2.75, 3.05) is 13.1 Å². The highest BCUT2D eigenvalue weighted by atomic mass is 35.5.